The van der Waals surface area contributed by atoms with Crippen molar-refractivity contribution in [3.63, 3.8) is 0 Å². The molecule has 1 aliphatic heterocycles. The zero-order valence-electron chi connectivity index (χ0n) is 16.5. The third-order valence-electron chi connectivity index (χ3n) is 5.10. The van der Waals surface area contributed by atoms with Crippen molar-refractivity contribution in [2.75, 3.05) is 0 Å². The molecule has 0 saturated carbocycles. The van der Waals surface area contributed by atoms with Crippen LogP contribution in [0.1, 0.15) is 32.6 Å². The molecule has 1 aromatic heterocycles. The number of H-pyrrole nitrogens is 1. The van der Waals surface area contributed by atoms with Crippen molar-refractivity contribution in [1.29, 1.82) is 0 Å². The Bertz CT molecular complexity index is 1390. The van der Waals surface area contributed by atoms with Crippen molar-refractivity contribution in [3.8, 4) is 11.4 Å². The number of aromatic nitrogens is 2. The van der Waals surface area contributed by atoms with Crippen LogP contribution < -0.4 is 5.73 Å². The molecule has 158 valence electrons. The second kappa shape index (κ2) is 7.86. The monoisotopic (exact) mass is 445 g/mol. The number of ether oxygens (including phenoxy) is 2. The van der Waals surface area contributed by atoms with Crippen molar-refractivity contribution < 1.29 is 19.1 Å². The van der Waals surface area contributed by atoms with E-state index in [0.717, 1.165) is 5.56 Å². The Morgan fingerprint density at radius 2 is 1.75 bits per heavy atom. The summed E-state index contributed by atoms with van der Waals surface area (Å²) in [5.41, 5.74) is 9.00. The van der Waals surface area contributed by atoms with Crippen molar-refractivity contribution in [2.45, 2.75) is 6.29 Å². The minimum absolute atomic E-state index is 0.102. The lowest BCUT2D eigenvalue weighted by Crippen LogP contribution is -2.10. The van der Waals surface area contributed by atoms with E-state index in [9.17, 15) is 9.59 Å². The number of nitrogens with two attached hydrogens (primary N) is 1. The highest BCUT2D eigenvalue weighted by molar-refractivity contribution is 6.31. The molecule has 7 nitrogen and oxygen atoms in total. The minimum Gasteiger partial charge on any atom is -0.454 e. The predicted octanol–water partition coefficient (Wildman–Crippen LogP) is 4.75. The molecule has 0 fully saturated rings. The van der Waals surface area contributed by atoms with Gasteiger partial charge >= 0.3 is 0 Å². The number of imidazole rings is 1. The van der Waals surface area contributed by atoms with Crippen LogP contribution in [0.15, 0.2) is 78.8 Å². The van der Waals surface area contributed by atoms with E-state index in [-0.39, 0.29) is 11.5 Å². The van der Waals surface area contributed by atoms with E-state index in [2.05, 4.69) is 9.97 Å². The normalized spacial score (nSPS) is 15.2. The fourth-order valence-electron chi connectivity index (χ4n) is 3.43. The van der Waals surface area contributed by atoms with E-state index in [1.807, 2.05) is 6.07 Å². The number of fused-ring (bicyclic) bond motifs is 1. The number of carbonyl (C=O) groups is 2. The van der Waals surface area contributed by atoms with E-state index in [4.69, 9.17) is 26.8 Å². The van der Waals surface area contributed by atoms with E-state index in [1.165, 1.54) is 6.26 Å². The summed E-state index contributed by atoms with van der Waals surface area (Å²) in [4.78, 5) is 31.9. The number of nitrogens with one attached hydrogen (secondary N) is 1. The maximum absolute atomic E-state index is 12.8. The molecule has 3 N–H and O–H groups in total. The Labute approximate surface area is 187 Å². The maximum atomic E-state index is 12.8. The highest BCUT2D eigenvalue weighted by atomic mass is 35.5. The molecule has 8 heteroatoms. The van der Waals surface area contributed by atoms with Gasteiger partial charge < -0.3 is 20.2 Å². The first-order valence-corrected chi connectivity index (χ1v) is 10.1. The number of Topliss-reactive ketones (excluding diaryl/α,β-unsaturated/α-hetero) is 1. The number of nitrogens with zero attached hydrogens (tertiary/aromatic N) is 1. The van der Waals surface area contributed by atoms with Gasteiger partial charge in [-0.05, 0) is 24.3 Å². The molecule has 0 bridgehead atoms. The van der Waals surface area contributed by atoms with Crippen LogP contribution in [0.4, 0.5) is 0 Å². The number of primary amides is 1. The molecule has 1 aliphatic rings. The quantitative estimate of drug-likeness (QED) is 0.431. The largest absolute Gasteiger partial charge is 0.454 e. The van der Waals surface area contributed by atoms with Crippen LogP contribution in [0.3, 0.4) is 0 Å². The molecule has 3 aromatic carbocycles. The number of allylic oxidation sites excluding steroid dienone is 1. The number of rotatable bonds is 5. The zero-order chi connectivity index (χ0) is 22.2. The number of amides is 1. The van der Waals surface area contributed by atoms with Crippen LogP contribution in [0, 0.1) is 0 Å². The predicted molar refractivity (Wildman–Crippen MR) is 119 cm³/mol. The highest BCUT2D eigenvalue weighted by Gasteiger charge is 2.28. The SMILES string of the molecule is NC(=O)c1ccc2nc(-c3ccc(C(=O)C4=COC(c5ccccc5Cl)O4)cc3)[nH]c2c1. The van der Waals surface area contributed by atoms with Gasteiger partial charge in [0.25, 0.3) is 6.29 Å². The maximum Gasteiger partial charge on any atom is 0.268 e. The van der Waals surface area contributed by atoms with Gasteiger partial charge in [0, 0.05) is 16.7 Å². The van der Waals surface area contributed by atoms with Crippen LogP contribution in [0.25, 0.3) is 22.4 Å². The summed E-state index contributed by atoms with van der Waals surface area (Å²) in [5.74, 6) is -0.0960. The fourth-order valence-corrected chi connectivity index (χ4v) is 3.65. The Kier molecular flexibility index (Phi) is 4.88. The van der Waals surface area contributed by atoms with E-state index >= 15 is 0 Å². The molecule has 1 amide bonds. The molecule has 0 saturated heterocycles. The van der Waals surface area contributed by atoms with Crippen LogP contribution in [0.5, 0.6) is 0 Å². The molecular weight excluding hydrogens is 430 g/mol. The Morgan fingerprint density at radius 1 is 1.00 bits per heavy atom. The second-order valence-corrected chi connectivity index (χ2v) is 7.58. The van der Waals surface area contributed by atoms with Crippen molar-refractivity contribution in [1.82, 2.24) is 9.97 Å². The van der Waals surface area contributed by atoms with Gasteiger partial charge in [-0.1, -0.05) is 54.1 Å². The Morgan fingerprint density at radius 3 is 2.50 bits per heavy atom. The summed E-state index contributed by atoms with van der Waals surface area (Å²) in [6.07, 6.45) is 0.544. The number of benzene rings is 3. The second-order valence-electron chi connectivity index (χ2n) is 7.18. The van der Waals surface area contributed by atoms with Gasteiger partial charge in [-0.15, -0.1) is 0 Å². The van der Waals surface area contributed by atoms with Gasteiger partial charge in [0.2, 0.25) is 17.4 Å². The first-order valence-electron chi connectivity index (χ1n) is 9.71. The number of carbonyl (C=O) groups excluding carboxylic acids is 2. The van der Waals surface area contributed by atoms with E-state index in [0.29, 0.717) is 38.6 Å². The molecule has 1 unspecified atom stereocenters. The van der Waals surface area contributed by atoms with Gasteiger partial charge in [0.15, 0.2) is 0 Å². The number of ketones is 1. The first-order chi connectivity index (χ1) is 15.5. The first kappa shape index (κ1) is 19.8. The van der Waals surface area contributed by atoms with Gasteiger partial charge in [-0.25, -0.2) is 4.98 Å². The van der Waals surface area contributed by atoms with Crippen molar-refractivity contribution in [2.24, 2.45) is 5.73 Å². The lowest BCUT2D eigenvalue weighted by Gasteiger charge is -2.13. The number of hydrogen-bond donors (Lipinski definition) is 2. The smallest absolute Gasteiger partial charge is 0.268 e. The lowest BCUT2D eigenvalue weighted by atomic mass is 10.1. The molecule has 4 aromatic rings. The molecule has 32 heavy (non-hydrogen) atoms. The topological polar surface area (TPSA) is 107 Å². The Hall–Kier alpha value is -4.10. The average Bonchev–Trinajstić information content (AvgIpc) is 3.46. The molecule has 2 heterocycles. The molecule has 0 radical (unpaired) electrons. The van der Waals surface area contributed by atoms with E-state index in [1.54, 1.807) is 60.7 Å². The summed E-state index contributed by atoms with van der Waals surface area (Å²) in [6, 6.07) is 19.1. The summed E-state index contributed by atoms with van der Waals surface area (Å²) in [7, 11) is 0. The molecule has 5 rings (SSSR count). The summed E-state index contributed by atoms with van der Waals surface area (Å²) >= 11 is 6.18. The average molecular weight is 446 g/mol. The van der Waals surface area contributed by atoms with Gasteiger partial charge in [-0.3, -0.25) is 9.59 Å². The highest BCUT2D eigenvalue weighted by Crippen LogP contribution is 2.34. The van der Waals surface area contributed by atoms with Gasteiger partial charge in [0.1, 0.15) is 12.1 Å². The number of hydrogen-bond acceptors (Lipinski definition) is 5. The fraction of sp³-hybridized carbons (Fsp3) is 0.0417. The van der Waals surface area contributed by atoms with Crippen LogP contribution >= 0.6 is 11.6 Å². The minimum atomic E-state index is -0.761. The summed E-state index contributed by atoms with van der Waals surface area (Å²) in [5, 5.41) is 0.498. The van der Waals surface area contributed by atoms with Crippen LogP contribution in [-0.2, 0) is 9.47 Å². The summed E-state index contributed by atoms with van der Waals surface area (Å²) in [6.45, 7) is 0. The zero-order valence-corrected chi connectivity index (χ0v) is 17.3. The Balaban J connectivity index is 1.34. The number of halogens is 1. The van der Waals surface area contributed by atoms with Crippen LogP contribution in [0.2, 0.25) is 5.02 Å². The third kappa shape index (κ3) is 3.59. The molecular formula is C24H16ClN3O4. The number of aromatic amines is 1. The third-order valence-corrected chi connectivity index (χ3v) is 5.45. The standard InChI is InChI=1S/C24H16ClN3O4/c25-17-4-2-1-3-16(17)24-31-12-20(32-24)21(29)13-5-7-14(8-6-13)23-27-18-10-9-15(22(26)30)11-19(18)28-23/h1-12,24H,(H2,26,30)(H,27,28). The molecule has 0 aliphatic carbocycles. The van der Waals surface area contributed by atoms with Crippen molar-refractivity contribution >= 4 is 34.3 Å². The van der Waals surface area contributed by atoms with Crippen LogP contribution in [-0.4, -0.2) is 21.7 Å². The van der Waals surface area contributed by atoms with E-state index < -0.39 is 12.2 Å². The lowest BCUT2D eigenvalue weighted by molar-refractivity contribution is -0.0324. The summed E-state index contributed by atoms with van der Waals surface area (Å²) < 4.78 is 11.2. The van der Waals surface area contributed by atoms with Gasteiger partial charge in [0.05, 0.1) is 21.6 Å². The van der Waals surface area contributed by atoms with Gasteiger partial charge in [-0.2, -0.15) is 0 Å². The van der Waals surface area contributed by atoms with Crippen molar-refractivity contribution in [3.05, 3.63) is 100 Å². The molecule has 1 atom stereocenters. The molecule has 0 spiro atoms.